The van der Waals surface area contributed by atoms with Crippen molar-refractivity contribution in [2.45, 2.75) is 19.0 Å². The highest BCUT2D eigenvalue weighted by Crippen LogP contribution is 2.37. The van der Waals surface area contributed by atoms with Crippen molar-refractivity contribution in [3.8, 4) is 0 Å². The van der Waals surface area contributed by atoms with E-state index >= 15 is 0 Å². The highest BCUT2D eigenvalue weighted by molar-refractivity contribution is 6.30. The maximum absolute atomic E-state index is 12.6. The molecule has 1 fully saturated rings. The summed E-state index contributed by atoms with van der Waals surface area (Å²) in [5.74, 6) is -0.633. The largest absolute Gasteiger partial charge is 0.350 e. The Labute approximate surface area is 145 Å². The molecule has 1 aliphatic heterocycles. The van der Waals surface area contributed by atoms with Gasteiger partial charge in [0.05, 0.1) is 24.2 Å². The van der Waals surface area contributed by atoms with Gasteiger partial charge in [0.2, 0.25) is 11.8 Å². The molecule has 0 saturated carbocycles. The molecule has 124 valence electrons. The number of nitrogens with zero attached hydrogens (tertiary/aromatic N) is 2. The van der Waals surface area contributed by atoms with Gasteiger partial charge in [-0.25, -0.2) is 0 Å². The highest BCUT2D eigenvalue weighted by Gasteiger charge is 2.42. The van der Waals surface area contributed by atoms with E-state index in [1.807, 2.05) is 30.3 Å². The van der Waals surface area contributed by atoms with E-state index in [1.165, 1.54) is 0 Å². The van der Waals surface area contributed by atoms with E-state index in [9.17, 15) is 9.59 Å². The minimum Gasteiger partial charge on any atom is -0.350 e. The van der Waals surface area contributed by atoms with E-state index in [2.05, 4.69) is 10.3 Å². The van der Waals surface area contributed by atoms with E-state index in [1.54, 1.807) is 30.3 Å². The lowest BCUT2D eigenvalue weighted by Gasteiger charge is -2.25. The third kappa shape index (κ3) is 3.41. The maximum Gasteiger partial charge on any atom is 0.226 e. The topological polar surface area (TPSA) is 62.3 Å². The molecule has 2 aromatic rings. The second-order valence-corrected chi connectivity index (χ2v) is 6.29. The van der Waals surface area contributed by atoms with Crippen molar-refractivity contribution in [2.24, 2.45) is 5.92 Å². The Morgan fingerprint density at radius 3 is 2.88 bits per heavy atom. The number of carbonyl (C=O) groups excluding carboxylic acids is 2. The minimum atomic E-state index is -0.440. The zero-order chi connectivity index (χ0) is 17.1. The Kier molecular flexibility index (Phi) is 4.81. The summed E-state index contributed by atoms with van der Waals surface area (Å²) >= 11 is 6.06. The molecule has 1 N–H and O–H groups in total. The van der Waals surface area contributed by atoms with Crippen molar-refractivity contribution < 1.29 is 9.59 Å². The lowest BCUT2D eigenvalue weighted by molar-refractivity contribution is -0.128. The van der Waals surface area contributed by atoms with E-state index in [0.717, 1.165) is 11.3 Å². The molecule has 3 rings (SSSR count). The normalized spacial score (nSPS) is 20.2. The molecule has 0 spiro atoms. The standard InChI is InChI=1S/C18H18ClN3O2/c1-22-16(23)10-15(17(22)12-5-4-6-13(19)9-12)18(24)21-11-14-7-2-3-8-20-14/h2-9,15,17H,10-11H2,1H3,(H,21,24)/t15-,17+/m0/s1. The number of hydrogen-bond acceptors (Lipinski definition) is 3. The number of carbonyl (C=O) groups is 2. The molecular formula is C18H18ClN3O2. The van der Waals surface area contributed by atoms with Gasteiger partial charge in [0.25, 0.3) is 0 Å². The Bertz CT molecular complexity index is 751. The number of halogens is 1. The summed E-state index contributed by atoms with van der Waals surface area (Å²) in [5.41, 5.74) is 1.65. The van der Waals surface area contributed by atoms with Crippen LogP contribution in [-0.2, 0) is 16.1 Å². The van der Waals surface area contributed by atoms with Gasteiger partial charge in [0, 0.05) is 24.7 Å². The second-order valence-electron chi connectivity index (χ2n) is 5.85. The van der Waals surface area contributed by atoms with Crippen molar-refractivity contribution in [3.05, 3.63) is 64.9 Å². The average Bonchev–Trinajstić information content (AvgIpc) is 2.89. The monoisotopic (exact) mass is 343 g/mol. The first-order valence-electron chi connectivity index (χ1n) is 7.75. The number of aromatic nitrogens is 1. The smallest absolute Gasteiger partial charge is 0.226 e. The Morgan fingerprint density at radius 2 is 2.17 bits per heavy atom. The van der Waals surface area contributed by atoms with Crippen molar-refractivity contribution in [3.63, 3.8) is 0 Å². The zero-order valence-electron chi connectivity index (χ0n) is 13.3. The van der Waals surface area contributed by atoms with E-state index in [0.29, 0.717) is 11.6 Å². The lowest BCUT2D eigenvalue weighted by Crippen LogP contribution is -2.34. The fraction of sp³-hybridized carbons (Fsp3) is 0.278. The fourth-order valence-corrected chi connectivity index (χ4v) is 3.26. The molecule has 2 heterocycles. The van der Waals surface area contributed by atoms with Gasteiger partial charge in [0.15, 0.2) is 0 Å². The summed E-state index contributed by atoms with van der Waals surface area (Å²) < 4.78 is 0. The highest BCUT2D eigenvalue weighted by atomic mass is 35.5. The van der Waals surface area contributed by atoms with Crippen molar-refractivity contribution in [2.75, 3.05) is 7.05 Å². The summed E-state index contributed by atoms with van der Waals surface area (Å²) in [7, 11) is 1.72. The molecular weight excluding hydrogens is 326 g/mol. The van der Waals surface area contributed by atoms with Crippen LogP contribution in [0.25, 0.3) is 0 Å². The molecule has 6 heteroatoms. The molecule has 24 heavy (non-hydrogen) atoms. The molecule has 5 nitrogen and oxygen atoms in total. The van der Waals surface area contributed by atoms with Gasteiger partial charge < -0.3 is 10.2 Å². The number of pyridine rings is 1. The summed E-state index contributed by atoms with van der Waals surface area (Å²) in [6.45, 7) is 0.344. The minimum absolute atomic E-state index is 0.0436. The van der Waals surface area contributed by atoms with Crippen LogP contribution in [-0.4, -0.2) is 28.7 Å². The third-order valence-electron chi connectivity index (χ3n) is 4.28. The van der Waals surface area contributed by atoms with Crippen molar-refractivity contribution >= 4 is 23.4 Å². The second kappa shape index (κ2) is 7.01. The molecule has 1 aromatic heterocycles. The fourth-order valence-electron chi connectivity index (χ4n) is 3.06. The molecule has 2 amide bonds. The predicted molar refractivity (Wildman–Crippen MR) is 91.2 cm³/mol. The number of amides is 2. The van der Waals surface area contributed by atoms with Gasteiger partial charge in [0.1, 0.15) is 0 Å². The van der Waals surface area contributed by atoms with Crippen LogP contribution in [0.4, 0.5) is 0 Å². The number of benzene rings is 1. The maximum atomic E-state index is 12.6. The first kappa shape index (κ1) is 16.5. The van der Waals surface area contributed by atoms with Gasteiger partial charge >= 0.3 is 0 Å². The molecule has 0 unspecified atom stereocenters. The Hall–Kier alpha value is -2.40. The predicted octanol–water partition coefficient (Wildman–Crippen LogP) is 2.57. The summed E-state index contributed by atoms with van der Waals surface area (Å²) in [4.78, 5) is 30.6. The van der Waals surface area contributed by atoms with Crippen LogP contribution in [0.15, 0.2) is 48.7 Å². The number of likely N-dealkylation sites (tertiary alicyclic amines) is 1. The summed E-state index contributed by atoms with van der Waals surface area (Å²) in [5, 5.41) is 3.47. The summed E-state index contributed by atoms with van der Waals surface area (Å²) in [6.07, 6.45) is 1.88. The number of nitrogens with one attached hydrogen (secondary N) is 1. The van der Waals surface area contributed by atoms with E-state index in [4.69, 9.17) is 11.6 Å². The third-order valence-corrected chi connectivity index (χ3v) is 4.52. The summed E-state index contributed by atoms with van der Waals surface area (Å²) in [6, 6.07) is 12.5. The first-order valence-corrected chi connectivity index (χ1v) is 8.13. The SMILES string of the molecule is CN1C(=O)C[C@H](C(=O)NCc2ccccn2)[C@H]1c1cccc(Cl)c1. The van der Waals surface area contributed by atoms with Crippen LogP contribution in [0.2, 0.25) is 5.02 Å². The van der Waals surface area contributed by atoms with Gasteiger partial charge in [-0.15, -0.1) is 0 Å². The van der Waals surface area contributed by atoms with Gasteiger partial charge in [-0.05, 0) is 29.8 Å². The van der Waals surface area contributed by atoms with Gasteiger partial charge in [-0.1, -0.05) is 29.8 Å². The van der Waals surface area contributed by atoms with Crippen molar-refractivity contribution in [1.82, 2.24) is 15.2 Å². The number of hydrogen-bond donors (Lipinski definition) is 1. The molecule has 0 aliphatic carbocycles. The van der Waals surface area contributed by atoms with Gasteiger partial charge in [-0.3, -0.25) is 14.6 Å². The molecule has 0 radical (unpaired) electrons. The van der Waals surface area contributed by atoms with Crippen LogP contribution in [0.3, 0.4) is 0 Å². The molecule has 0 bridgehead atoms. The molecule has 1 aliphatic rings. The first-order chi connectivity index (χ1) is 11.6. The van der Waals surface area contributed by atoms with Crippen LogP contribution in [0, 0.1) is 5.92 Å². The molecule has 2 atom stereocenters. The zero-order valence-corrected chi connectivity index (χ0v) is 14.0. The van der Waals surface area contributed by atoms with Crippen LogP contribution in [0.1, 0.15) is 23.7 Å². The average molecular weight is 344 g/mol. The Balaban J connectivity index is 1.77. The molecule has 1 aromatic carbocycles. The number of rotatable bonds is 4. The Morgan fingerprint density at radius 1 is 1.33 bits per heavy atom. The quantitative estimate of drug-likeness (QED) is 0.928. The van der Waals surface area contributed by atoms with Crippen LogP contribution >= 0.6 is 11.6 Å². The molecule has 1 saturated heterocycles. The van der Waals surface area contributed by atoms with Crippen LogP contribution < -0.4 is 5.32 Å². The van der Waals surface area contributed by atoms with Crippen LogP contribution in [0.5, 0.6) is 0 Å². The van der Waals surface area contributed by atoms with Crippen molar-refractivity contribution in [1.29, 1.82) is 0 Å². The van der Waals surface area contributed by atoms with E-state index < -0.39 is 5.92 Å². The van der Waals surface area contributed by atoms with Gasteiger partial charge in [-0.2, -0.15) is 0 Å². The van der Waals surface area contributed by atoms with E-state index in [-0.39, 0.29) is 24.3 Å². The lowest BCUT2D eigenvalue weighted by atomic mass is 9.93.